The van der Waals surface area contributed by atoms with Crippen LogP contribution in [0.4, 0.5) is 5.69 Å². The summed E-state index contributed by atoms with van der Waals surface area (Å²) in [5, 5.41) is 1.14. The van der Waals surface area contributed by atoms with Crippen LogP contribution in [0.3, 0.4) is 0 Å². The average Bonchev–Trinajstić information content (AvgIpc) is 2.37. The minimum absolute atomic E-state index is 0.799. The fraction of sp³-hybridized carbons (Fsp3) is 0.154. The summed E-state index contributed by atoms with van der Waals surface area (Å²) in [4.78, 5) is 3.78. The fourth-order valence-electron chi connectivity index (χ4n) is 0.775. The zero-order valence-corrected chi connectivity index (χ0v) is 12.9. The second-order valence-electron chi connectivity index (χ2n) is 2.81. The van der Waals surface area contributed by atoms with Crippen LogP contribution in [-0.4, -0.2) is 4.98 Å². The SMILES string of the molecule is C[CH2][Rh].Nc1ccc(Br)cc1.c1ccncc1. The van der Waals surface area contributed by atoms with Crippen LogP contribution in [0.5, 0.6) is 0 Å². The van der Waals surface area contributed by atoms with Crippen molar-refractivity contribution in [3.63, 3.8) is 0 Å². The van der Waals surface area contributed by atoms with E-state index in [4.69, 9.17) is 5.73 Å². The standard InChI is InChI=1S/C6H6BrN.C5H5N.C2H5.Rh/c7-5-1-3-6(8)4-2-5;1-2-4-6-5-3-1;1-2;/h1-4H,8H2;1-5H;1H2,2H3;. The van der Waals surface area contributed by atoms with Crippen molar-refractivity contribution in [2.75, 3.05) is 5.73 Å². The first-order valence-electron chi connectivity index (χ1n) is 5.09. The smallest absolute Gasteiger partial charge is 0.0314 e. The monoisotopic (exact) mass is 382 g/mol. The normalized spacial score (nSPS) is 8.24. The van der Waals surface area contributed by atoms with Gasteiger partial charge in [0, 0.05) is 22.6 Å². The van der Waals surface area contributed by atoms with Gasteiger partial charge in [-0.15, -0.1) is 0 Å². The van der Waals surface area contributed by atoms with Gasteiger partial charge >= 0.3 is 30.2 Å². The third-order valence-corrected chi connectivity index (χ3v) is 1.97. The number of nitrogens with two attached hydrogens (primary N) is 1. The molecule has 0 amide bonds. The predicted molar refractivity (Wildman–Crippen MR) is 73.3 cm³/mol. The van der Waals surface area contributed by atoms with Crippen LogP contribution in [-0.2, 0) is 18.3 Å². The Bertz CT molecular complexity index is 317. The van der Waals surface area contributed by atoms with Gasteiger partial charge in [-0.3, -0.25) is 4.98 Å². The van der Waals surface area contributed by atoms with Crippen molar-refractivity contribution in [3.8, 4) is 0 Å². The fourth-order valence-corrected chi connectivity index (χ4v) is 1.04. The van der Waals surface area contributed by atoms with Crippen LogP contribution in [0.2, 0.25) is 5.02 Å². The number of anilines is 1. The Balaban J connectivity index is 0.000000252. The summed E-state index contributed by atoms with van der Waals surface area (Å²) >= 11 is 6.01. The molecule has 0 bridgehead atoms. The minimum atomic E-state index is 0.799. The topological polar surface area (TPSA) is 38.9 Å². The molecule has 2 aromatic rings. The number of aromatic nitrogens is 1. The number of benzene rings is 1. The van der Waals surface area contributed by atoms with Crippen molar-refractivity contribution in [1.29, 1.82) is 0 Å². The van der Waals surface area contributed by atoms with Crippen molar-refractivity contribution < 1.29 is 18.3 Å². The van der Waals surface area contributed by atoms with Gasteiger partial charge in [-0.05, 0) is 36.4 Å². The Morgan fingerprint density at radius 2 is 1.59 bits per heavy atom. The Labute approximate surface area is 121 Å². The van der Waals surface area contributed by atoms with E-state index in [-0.39, 0.29) is 0 Å². The van der Waals surface area contributed by atoms with Gasteiger partial charge in [0.2, 0.25) is 0 Å². The molecular formula is C13H16BrN2Rh. The van der Waals surface area contributed by atoms with Gasteiger partial charge in [-0.1, -0.05) is 22.0 Å². The summed E-state index contributed by atoms with van der Waals surface area (Å²) in [5.41, 5.74) is 6.21. The molecule has 4 heteroatoms. The summed E-state index contributed by atoms with van der Waals surface area (Å²) in [6.45, 7) is 2.08. The summed E-state index contributed by atoms with van der Waals surface area (Å²) in [7, 11) is 0. The van der Waals surface area contributed by atoms with Crippen LogP contribution in [0.25, 0.3) is 0 Å². The van der Waals surface area contributed by atoms with Crippen molar-refractivity contribution >= 4 is 21.6 Å². The van der Waals surface area contributed by atoms with Crippen LogP contribution in [0.1, 0.15) is 6.92 Å². The Morgan fingerprint density at radius 3 is 1.82 bits per heavy atom. The largest absolute Gasteiger partial charge is 0.399 e. The maximum atomic E-state index is 5.41. The van der Waals surface area contributed by atoms with E-state index in [9.17, 15) is 0 Å². The van der Waals surface area contributed by atoms with Gasteiger partial charge in [0.05, 0.1) is 0 Å². The summed E-state index contributed by atoms with van der Waals surface area (Å²) in [5.74, 6) is 0. The molecule has 0 aliphatic heterocycles. The molecule has 0 fully saturated rings. The van der Waals surface area contributed by atoms with Crippen molar-refractivity contribution in [1.82, 2.24) is 4.98 Å². The number of halogens is 1. The number of hydrogen-bond donors (Lipinski definition) is 1. The van der Waals surface area contributed by atoms with Crippen LogP contribution >= 0.6 is 15.9 Å². The van der Waals surface area contributed by atoms with Gasteiger partial charge in [-0.2, -0.15) is 0 Å². The number of nitrogen functional groups attached to an aromatic ring is 1. The molecule has 94 valence electrons. The zero-order valence-electron chi connectivity index (χ0n) is 9.64. The van der Waals surface area contributed by atoms with Gasteiger partial charge in [-0.25, -0.2) is 0 Å². The number of hydrogen-bond acceptors (Lipinski definition) is 2. The third-order valence-electron chi connectivity index (χ3n) is 1.44. The summed E-state index contributed by atoms with van der Waals surface area (Å²) < 4.78 is 1.06. The minimum Gasteiger partial charge on any atom is -0.399 e. The van der Waals surface area contributed by atoms with Crippen LogP contribution in [0.15, 0.2) is 59.3 Å². The molecule has 1 heterocycles. The molecule has 2 N–H and O–H groups in total. The molecule has 1 aromatic heterocycles. The van der Waals surface area contributed by atoms with E-state index in [2.05, 4.69) is 46.1 Å². The molecule has 1 aromatic carbocycles. The van der Waals surface area contributed by atoms with Crippen molar-refractivity contribution in [2.24, 2.45) is 0 Å². The van der Waals surface area contributed by atoms with E-state index < -0.39 is 0 Å². The molecule has 2 rings (SSSR count). The first kappa shape index (κ1) is 16.3. The van der Waals surface area contributed by atoms with Gasteiger partial charge in [0.25, 0.3) is 0 Å². The summed E-state index contributed by atoms with van der Waals surface area (Å²) in [6.07, 6.45) is 3.50. The first-order chi connectivity index (χ1) is 8.20. The average molecular weight is 383 g/mol. The third kappa shape index (κ3) is 11.5. The molecule has 17 heavy (non-hydrogen) atoms. The van der Waals surface area contributed by atoms with E-state index in [0.29, 0.717) is 0 Å². The van der Waals surface area contributed by atoms with Gasteiger partial charge < -0.3 is 5.73 Å². The maximum Gasteiger partial charge on any atom is 0.0314 e. The molecule has 0 unspecified atom stereocenters. The molecule has 0 saturated carbocycles. The molecule has 0 atom stereocenters. The number of rotatable bonds is 0. The second kappa shape index (κ2) is 11.7. The molecule has 0 aliphatic rings. The number of pyridine rings is 1. The van der Waals surface area contributed by atoms with E-state index >= 15 is 0 Å². The summed E-state index contributed by atoms with van der Waals surface area (Å²) in [6, 6.07) is 13.2. The molecular weight excluding hydrogens is 367 g/mol. The number of nitrogens with zero attached hydrogens (tertiary/aromatic N) is 1. The van der Waals surface area contributed by atoms with E-state index in [1.807, 2.05) is 42.5 Å². The zero-order chi connectivity index (χ0) is 12.9. The van der Waals surface area contributed by atoms with E-state index in [0.717, 1.165) is 15.2 Å². The van der Waals surface area contributed by atoms with Crippen molar-refractivity contribution in [3.05, 3.63) is 59.3 Å². The molecule has 0 radical (unpaired) electrons. The maximum absolute atomic E-state index is 5.41. The Morgan fingerprint density at radius 1 is 1.12 bits per heavy atom. The van der Waals surface area contributed by atoms with Crippen molar-refractivity contribution in [2.45, 2.75) is 11.9 Å². The second-order valence-corrected chi connectivity index (χ2v) is 4.89. The molecule has 0 spiro atoms. The van der Waals surface area contributed by atoms with Gasteiger partial charge in [0.1, 0.15) is 0 Å². The van der Waals surface area contributed by atoms with E-state index in [1.54, 1.807) is 12.4 Å². The Kier molecular flexibility index (Phi) is 11.2. The molecule has 2 nitrogen and oxygen atoms in total. The van der Waals surface area contributed by atoms with E-state index in [1.165, 1.54) is 0 Å². The first-order valence-corrected chi connectivity index (χ1v) is 7.04. The Hall–Kier alpha value is -0.727. The predicted octanol–water partition coefficient (Wildman–Crippen LogP) is 4.08. The van der Waals surface area contributed by atoms with Gasteiger partial charge in [0.15, 0.2) is 0 Å². The van der Waals surface area contributed by atoms with Crippen LogP contribution < -0.4 is 5.73 Å². The molecule has 0 saturated heterocycles. The van der Waals surface area contributed by atoms with Crippen LogP contribution in [0, 0.1) is 0 Å². The molecule has 0 aliphatic carbocycles. The quantitative estimate of drug-likeness (QED) is 0.550.